The monoisotopic (exact) mass is 511 g/mol. The van der Waals surface area contributed by atoms with E-state index in [1.807, 2.05) is 12.2 Å². The first kappa shape index (κ1) is 27.7. The van der Waals surface area contributed by atoms with Crippen molar-refractivity contribution < 1.29 is 24.2 Å². The van der Waals surface area contributed by atoms with Crippen LogP contribution in [0.4, 0.5) is 0 Å². The molecule has 202 valence electrons. The molecule has 8 nitrogen and oxygen atoms in total. The molecular weight excluding hydrogens is 470 g/mol. The third-order valence-electron chi connectivity index (χ3n) is 7.77. The van der Waals surface area contributed by atoms with Gasteiger partial charge in [0.2, 0.25) is 0 Å². The molecule has 4 rings (SSSR count). The Kier molecular flexibility index (Phi) is 9.31. The summed E-state index contributed by atoms with van der Waals surface area (Å²) in [6.07, 6.45) is 6.12. The van der Waals surface area contributed by atoms with Gasteiger partial charge < -0.3 is 19.9 Å². The van der Waals surface area contributed by atoms with Crippen molar-refractivity contribution in [3.8, 4) is 0 Å². The Hall–Kier alpha value is -2.36. The molecule has 8 heteroatoms. The number of nitrogens with one attached hydrogen (secondary N) is 1. The number of hydrogen-bond acceptors (Lipinski definition) is 7. The highest BCUT2D eigenvalue weighted by atomic mass is 16.5. The standard InChI is InChI=1S/C29H41N3O5/c1-19(2)31(27(33)21-11-10-20(3)26(14-21)37-13-7-12-36-4)17-22-15-30-16-23(22)18-32-28(34)24-8-5-6-9-25(24)29(32)35/h5-6,8-11,14,19-20,22-23,26-27,30,33H,7,12-13,15-18H2,1-4H3/t20?,22-,23-,26?,27?/m0/s1. The number of nitrogens with zero attached hydrogens (tertiary/aromatic N) is 2. The lowest BCUT2D eigenvalue weighted by Gasteiger charge is -2.37. The highest BCUT2D eigenvalue weighted by Gasteiger charge is 2.40. The molecule has 37 heavy (non-hydrogen) atoms. The smallest absolute Gasteiger partial charge is 0.261 e. The first-order valence-electron chi connectivity index (χ1n) is 13.4. The van der Waals surface area contributed by atoms with Gasteiger partial charge in [0.15, 0.2) is 0 Å². The molecule has 5 atom stereocenters. The molecule has 0 aromatic heterocycles. The third-order valence-corrected chi connectivity index (χ3v) is 7.77. The fraction of sp³-hybridized carbons (Fsp3) is 0.586. The highest BCUT2D eigenvalue weighted by molar-refractivity contribution is 6.21. The van der Waals surface area contributed by atoms with Gasteiger partial charge in [-0.05, 0) is 62.4 Å². The van der Waals surface area contributed by atoms with Crippen LogP contribution >= 0.6 is 0 Å². The van der Waals surface area contributed by atoms with Crippen LogP contribution in [0.3, 0.4) is 0 Å². The van der Waals surface area contributed by atoms with E-state index < -0.39 is 6.23 Å². The minimum absolute atomic E-state index is 0.0877. The van der Waals surface area contributed by atoms with Crippen molar-refractivity contribution in [1.82, 2.24) is 15.1 Å². The molecule has 2 heterocycles. The molecule has 3 aliphatic rings. The van der Waals surface area contributed by atoms with Crippen molar-refractivity contribution >= 4 is 11.8 Å². The van der Waals surface area contributed by atoms with Crippen LogP contribution in [0.25, 0.3) is 0 Å². The van der Waals surface area contributed by atoms with Crippen LogP contribution in [0.2, 0.25) is 0 Å². The van der Waals surface area contributed by atoms with Crippen molar-refractivity contribution in [1.29, 1.82) is 0 Å². The van der Waals surface area contributed by atoms with Gasteiger partial charge in [0.1, 0.15) is 6.23 Å². The predicted molar refractivity (Wildman–Crippen MR) is 142 cm³/mol. The number of amides is 2. The van der Waals surface area contributed by atoms with E-state index in [9.17, 15) is 14.7 Å². The second-order valence-corrected chi connectivity index (χ2v) is 10.7. The van der Waals surface area contributed by atoms with E-state index in [4.69, 9.17) is 9.47 Å². The van der Waals surface area contributed by atoms with Crippen LogP contribution < -0.4 is 5.32 Å². The summed E-state index contributed by atoms with van der Waals surface area (Å²) >= 11 is 0. The summed E-state index contributed by atoms with van der Waals surface area (Å²) in [5.74, 6) is 0.109. The Bertz CT molecular complexity index is 988. The van der Waals surface area contributed by atoms with Gasteiger partial charge >= 0.3 is 0 Å². The predicted octanol–water partition coefficient (Wildman–Crippen LogP) is 2.70. The van der Waals surface area contributed by atoms with Crippen LogP contribution in [0.15, 0.2) is 48.1 Å². The van der Waals surface area contributed by atoms with Crippen LogP contribution in [-0.2, 0) is 9.47 Å². The summed E-state index contributed by atoms with van der Waals surface area (Å²) in [7, 11) is 1.69. The SMILES string of the molecule is COCCCOC1C=C(C(O)N(C[C@@H]2CNC[C@H]2CN2C(=O)c3ccccc3C2=O)C(C)C)C=CC1C. The molecule has 1 aromatic carbocycles. The van der Waals surface area contributed by atoms with Gasteiger partial charge in [0.05, 0.1) is 17.2 Å². The Morgan fingerprint density at radius 2 is 1.78 bits per heavy atom. The quantitative estimate of drug-likeness (QED) is 0.253. The molecule has 0 saturated carbocycles. The molecule has 0 bridgehead atoms. The van der Waals surface area contributed by atoms with Crippen molar-refractivity contribution in [2.24, 2.45) is 17.8 Å². The fourth-order valence-corrected chi connectivity index (χ4v) is 5.47. The van der Waals surface area contributed by atoms with Gasteiger partial charge in [-0.25, -0.2) is 0 Å². The Balaban J connectivity index is 1.42. The molecule has 1 fully saturated rings. The summed E-state index contributed by atoms with van der Waals surface area (Å²) in [4.78, 5) is 29.3. The maximum atomic E-state index is 12.9. The number of hydrogen-bond donors (Lipinski definition) is 2. The van der Waals surface area contributed by atoms with Crippen LogP contribution in [0.1, 0.15) is 47.9 Å². The largest absolute Gasteiger partial charge is 0.385 e. The van der Waals surface area contributed by atoms with Crippen molar-refractivity contribution in [2.75, 3.05) is 46.5 Å². The zero-order valence-electron chi connectivity index (χ0n) is 22.4. The van der Waals surface area contributed by atoms with Crippen molar-refractivity contribution in [2.45, 2.75) is 45.6 Å². The zero-order valence-corrected chi connectivity index (χ0v) is 22.4. The number of carbonyl (C=O) groups is 2. The average Bonchev–Trinajstić information content (AvgIpc) is 3.43. The number of imide groups is 1. The average molecular weight is 512 g/mol. The van der Waals surface area contributed by atoms with Gasteiger partial charge in [-0.1, -0.05) is 31.2 Å². The summed E-state index contributed by atoms with van der Waals surface area (Å²) in [6, 6.07) is 7.12. The Morgan fingerprint density at radius 1 is 1.11 bits per heavy atom. The lowest BCUT2D eigenvalue weighted by molar-refractivity contribution is -0.00519. The Labute approximate surface area is 220 Å². The maximum Gasteiger partial charge on any atom is 0.261 e. The second-order valence-electron chi connectivity index (χ2n) is 10.7. The zero-order chi connectivity index (χ0) is 26.5. The van der Waals surface area contributed by atoms with E-state index in [2.05, 4.69) is 37.1 Å². The van der Waals surface area contributed by atoms with E-state index in [1.54, 1.807) is 31.4 Å². The van der Waals surface area contributed by atoms with Gasteiger partial charge in [-0.15, -0.1) is 0 Å². The van der Waals surface area contributed by atoms with Crippen molar-refractivity contribution in [3.05, 3.63) is 59.2 Å². The molecule has 0 spiro atoms. The van der Waals surface area contributed by atoms with E-state index in [-0.39, 0.29) is 41.7 Å². The lowest BCUT2D eigenvalue weighted by atomic mass is 9.92. The number of fused-ring (bicyclic) bond motifs is 1. The van der Waals surface area contributed by atoms with E-state index in [1.165, 1.54) is 4.90 Å². The molecular formula is C29H41N3O5. The second kappa shape index (κ2) is 12.5. The Morgan fingerprint density at radius 3 is 2.43 bits per heavy atom. The van der Waals surface area contributed by atoms with Crippen LogP contribution in [0, 0.1) is 17.8 Å². The van der Waals surface area contributed by atoms with E-state index in [0.717, 1.165) is 25.1 Å². The third kappa shape index (κ3) is 6.21. The number of aliphatic hydroxyl groups excluding tert-OH is 1. The lowest BCUT2D eigenvalue weighted by Crippen LogP contribution is -2.47. The van der Waals surface area contributed by atoms with Crippen LogP contribution in [-0.4, -0.2) is 91.6 Å². The molecule has 0 radical (unpaired) electrons. The molecule has 3 unspecified atom stereocenters. The normalized spacial score (nSPS) is 26.4. The molecule has 2 N–H and O–H groups in total. The molecule has 1 saturated heterocycles. The van der Waals surface area contributed by atoms with Gasteiger partial charge in [0, 0.05) is 51.9 Å². The van der Waals surface area contributed by atoms with Gasteiger partial charge in [-0.2, -0.15) is 0 Å². The highest BCUT2D eigenvalue weighted by Crippen LogP contribution is 2.29. The minimum atomic E-state index is -0.769. The van der Waals surface area contributed by atoms with Crippen molar-refractivity contribution in [3.63, 3.8) is 0 Å². The number of carbonyl (C=O) groups excluding carboxylic acids is 2. The number of aliphatic hydroxyl groups is 1. The van der Waals surface area contributed by atoms with E-state index in [0.29, 0.717) is 37.4 Å². The first-order valence-corrected chi connectivity index (χ1v) is 13.4. The summed E-state index contributed by atoms with van der Waals surface area (Å²) in [6.45, 7) is 10.1. The van der Waals surface area contributed by atoms with Gasteiger partial charge in [0.25, 0.3) is 11.8 Å². The van der Waals surface area contributed by atoms with Crippen LogP contribution in [0.5, 0.6) is 0 Å². The fourth-order valence-electron chi connectivity index (χ4n) is 5.47. The minimum Gasteiger partial charge on any atom is -0.385 e. The summed E-state index contributed by atoms with van der Waals surface area (Å²) < 4.78 is 11.2. The molecule has 1 aromatic rings. The van der Waals surface area contributed by atoms with Gasteiger partial charge in [-0.3, -0.25) is 19.4 Å². The number of ether oxygens (including phenoxy) is 2. The number of benzene rings is 1. The molecule has 2 amide bonds. The summed E-state index contributed by atoms with van der Waals surface area (Å²) in [5, 5.41) is 14.9. The maximum absolute atomic E-state index is 12.9. The summed E-state index contributed by atoms with van der Waals surface area (Å²) in [5.41, 5.74) is 1.81. The van der Waals surface area contributed by atoms with E-state index >= 15 is 0 Å². The molecule has 1 aliphatic carbocycles. The first-order chi connectivity index (χ1) is 17.8. The molecule has 2 aliphatic heterocycles. The topological polar surface area (TPSA) is 91.3 Å². The number of rotatable bonds is 12. The number of methoxy groups -OCH3 is 1.